The summed E-state index contributed by atoms with van der Waals surface area (Å²) in [5.41, 5.74) is 3.21. The van der Waals surface area contributed by atoms with Gasteiger partial charge in [0.2, 0.25) is 0 Å². The molecule has 38 heavy (non-hydrogen) atoms. The van der Waals surface area contributed by atoms with Crippen LogP contribution in [0, 0.1) is 11.7 Å². The first-order valence-corrected chi connectivity index (χ1v) is 13.3. The number of ketones is 1. The highest BCUT2D eigenvalue weighted by Gasteiger charge is 2.34. The van der Waals surface area contributed by atoms with Gasteiger partial charge in [-0.25, -0.2) is 9.18 Å². The van der Waals surface area contributed by atoms with E-state index < -0.39 is 5.60 Å². The molecule has 7 nitrogen and oxygen atoms in total. The number of carbonyl (C=O) groups is 2. The minimum absolute atomic E-state index is 0.0977. The van der Waals surface area contributed by atoms with Crippen LogP contribution in [0.2, 0.25) is 0 Å². The number of benzene rings is 2. The SMILES string of the molecule is COC(=O)c1ccc(Cn2c3c(c4cc(F)ccc42)C(=O)C(CN2CCN(CC(C)(C)O)CC2)CC3)cc1. The number of carbonyl (C=O) groups excluding carboxylic acids is 2. The Morgan fingerprint density at radius 2 is 1.76 bits per heavy atom. The minimum Gasteiger partial charge on any atom is -0.465 e. The number of β-amino-alcohol motifs (C(OH)–C–C–N with tert-alkyl or cyclic N) is 1. The van der Waals surface area contributed by atoms with Crippen LogP contribution < -0.4 is 0 Å². The zero-order valence-corrected chi connectivity index (χ0v) is 22.4. The van der Waals surface area contributed by atoms with Crippen molar-refractivity contribution in [1.29, 1.82) is 0 Å². The van der Waals surface area contributed by atoms with E-state index in [9.17, 15) is 19.1 Å². The van der Waals surface area contributed by atoms with Gasteiger partial charge in [-0.05, 0) is 62.6 Å². The summed E-state index contributed by atoms with van der Waals surface area (Å²) in [7, 11) is 1.36. The van der Waals surface area contributed by atoms with Gasteiger partial charge < -0.3 is 19.3 Å². The largest absolute Gasteiger partial charge is 0.465 e. The number of aliphatic hydroxyl groups is 1. The first-order chi connectivity index (χ1) is 18.1. The van der Waals surface area contributed by atoms with E-state index in [1.807, 2.05) is 26.0 Å². The van der Waals surface area contributed by atoms with E-state index in [0.29, 0.717) is 36.1 Å². The van der Waals surface area contributed by atoms with Gasteiger partial charge in [0.15, 0.2) is 5.78 Å². The average Bonchev–Trinajstić information content (AvgIpc) is 3.19. The molecule has 0 radical (unpaired) electrons. The predicted octanol–water partition coefficient (Wildman–Crippen LogP) is 3.75. The molecular weight excluding hydrogens is 485 g/mol. The zero-order valence-electron chi connectivity index (χ0n) is 22.4. The molecule has 2 aliphatic rings. The molecule has 1 fully saturated rings. The highest BCUT2D eigenvalue weighted by molar-refractivity contribution is 6.11. The Morgan fingerprint density at radius 1 is 1.08 bits per heavy atom. The van der Waals surface area contributed by atoms with Crippen LogP contribution in [0.5, 0.6) is 0 Å². The van der Waals surface area contributed by atoms with E-state index >= 15 is 0 Å². The molecule has 1 saturated heterocycles. The van der Waals surface area contributed by atoms with Crippen LogP contribution in [0.25, 0.3) is 10.9 Å². The second-order valence-corrected chi connectivity index (χ2v) is 11.2. The van der Waals surface area contributed by atoms with Crippen molar-refractivity contribution in [3.8, 4) is 0 Å². The van der Waals surface area contributed by atoms with E-state index in [1.165, 1.54) is 19.2 Å². The Balaban J connectivity index is 1.36. The van der Waals surface area contributed by atoms with Crippen LogP contribution in [0.3, 0.4) is 0 Å². The Hall–Kier alpha value is -3.07. The quantitative estimate of drug-likeness (QED) is 0.478. The van der Waals surface area contributed by atoms with Crippen molar-refractivity contribution in [3.63, 3.8) is 0 Å². The first-order valence-electron chi connectivity index (χ1n) is 13.3. The topological polar surface area (TPSA) is 75.0 Å². The predicted molar refractivity (Wildman–Crippen MR) is 144 cm³/mol. The summed E-state index contributed by atoms with van der Waals surface area (Å²) in [5.74, 6) is -0.755. The molecule has 1 aliphatic carbocycles. The maximum absolute atomic E-state index is 14.4. The summed E-state index contributed by atoms with van der Waals surface area (Å²) < 4.78 is 21.3. The lowest BCUT2D eigenvalue weighted by Gasteiger charge is -2.38. The standard InChI is InChI=1S/C30H36FN3O4/c1-30(2,37)19-33-14-12-32(13-15-33)18-22-8-10-26-27(28(22)35)24-16-23(31)9-11-25(24)34(26)17-20-4-6-21(7-5-20)29(36)38-3/h4-7,9,11,16,22,37H,8,10,12-15,17-19H2,1-3H3. The Labute approximate surface area is 222 Å². The summed E-state index contributed by atoms with van der Waals surface area (Å²) in [6.45, 7) is 9.00. The molecule has 1 aromatic heterocycles. The normalized spacial score (nSPS) is 19.1. The molecular formula is C30H36FN3O4. The molecule has 5 rings (SSSR count). The monoisotopic (exact) mass is 521 g/mol. The fourth-order valence-corrected chi connectivity index (χ4v) is 5.95. The molecule has 1 atom stereocenters. The summed E-state index contributed by atoms with van der Waals surface area (Å²) in [6, 6.07) is 11.9. The van der Waals surface area contributed by atoms with Crippen molar-refractivity contribution in [2.75, 3.05) is 46.4 Å². The maximum Gasteiger partial charge on any atom is 0.337 e. The Bertz CT molecular complexity index is 1330. The van der Waals surface area contributed by atoms with Gasteiger partial charge in [0.05, 0.1) is 18.3 Å². The molecule has 0 spiro atoms. The summed E-state index contributed by atoms with van der Waals surface area (Å²) in [5, 5.41) is 10.8. The van der Waals surface area contributed by atoms with Gasteiger partial charge in [-0.2, -0.15) is 0 Å². The number of aromatic nitrogens is 1. The van der Waals surface area contributed by atoms with E-state index in [-0.39, 0.29) is 23.5 Å². The number of hydrogen-bond donors (Lipinski definition) is 1. The van der Waals surface area contributed by atoms with Crippen LogP contribution in [0.4, 0.5) is 4.39 Å². The van der Waals surface area contributed by atoms with Crippen LogP contribution in [-0.4, -0.2) is 83.2 Å². The lowest BCUT2D eigenvalue weighted by molar-refractivity contribution is 0.0157. The number of nitrogens with zero attached hydrogens (tertiary/aromatic N) is 3. The second kappa shape index (κ2) is 10.6. The molecule has 0 saturated carbocycles. The van der Waals surface area contributed by atoms with Crippen molar-refractivity contribution < 1.29 is 23.8 Å². The summed E-state index contributed by atoms with van der Waals surface area (Å²) in [4.78, 5) is 30.2. The third kappa shape index (κ3) is 5.53. The Kier molecular flexibility index (Phi) is 7.40. The smallest absolute Gasteiger partial charge is 0.337 e. The van der Waals surface area contributed by atoms with Crippen LogP contribution in [-0.2, 0) is 17.7 Å². The number of methoxy groups -OCH3 is 1. The lowest BCUT2D eigenvalue weighted by Crippen LogP contribution is -2.51. The third-order valence-electron chi connectivity index (χ3n) is 7.75. The number of ether oxygens (including phenoxy) is 1. The molecule has 1 aliphatic heterocycles. The van der Waals surface area contributed by atoms with Crippen molar-refractivity contribution in [3.05, 3.63) is 70.7 Å². The van der Waals surface area contributed by atoms with Crippen LogP contribution in [0.1, 0.15) is 52.2 Å². The van der Waals surface area contributed by atoms with E-state index in [0.717, 1.165) is 55.8 Å². The number of esters is 1. The van der Waals surface area contributed by atoms with Crippen molar-refractivity contribution in [2.45, 2.75) is 38.8 Å². The van der Waals surface area contributed by atoms with Gasteiger partial charge in [-0.1, -0.05) is 12.1 Å². The van der Waals surface area contributed by atoms with Gasteiger partial charge in [0.1, 0.15) is 5.82 Å². The third-order valence-corrected chi connectivity index (χ3v) is 7.75. The van der Waals surface area contributed by atoms with Gasteiger partial charge in [-0.15, -0.1) is 0 Å². The number of halogens is 1. The zero-order chi connectivity index (χ0) is 27.0. The van der Waals surface area contributed by atoms with Crippen molar-refractivity contribution >= 4 is 22.7 Å². The van der Waals surface area contributed by atoms with E-state index in [4.69, 9.17) is 4.74 Å². The fraction of sp³-hybridized carbons (Fsp3) is 0.467. The molecule has 8 heteroatoms. The van der Waals surface area contributed by atoms with Crippen LogP contribution >= 0.6 is 0 Å². The number of fused-ring (bicyclic) bond motifs is 3. The van der Waals surface area contributed by atoms with Gasteiger partial charge in [-0.3, -0.25) is 9.69 Å². The fourth-order valence-electron chi connectivity index (χ4n) is 5.95. The molecule has 1 N–H and O–H groups in total. The number of hydrogen-bond acceptors (Lipinski definition) is 6. The summed E-state index contributed by atoms with van der Waals surface area (Å²) >= 11 is 0. The lowest BCUT2D eigenvalue weighted by atomic mass is 9.84. The number of piperazine rings is 1. The second-order valence-electron chi connectivity index (χ2n) is 11.2. The Morgan fingerprint density at radius 3 is 2.42 bits per heavy atom. The number of Topliss-reactive ketones (excluding diaryl/α,β-unsaturated/α-hetero) is 1. The van der Waals surface area contributed by atoms with E-state index in [2.05, 4.69) is 14.4 Å². The molecule has 3 aromatic rings. The molecule has 202 valence electrons. The van der Waals surface area contributed by atoms with E-state index in [1.54, 1.807) is 18.2 Å². The number of rotatable bonds is 7. The highest BCUT2D eigenvalue weighted by atomic mass is 19.1. The maximum atomic E-state index is 14.4. The van der Waals surface area contributed by atoms with Gasteiger partial charge in [0, 0.05) is 73.9 Å². The minimum atomic E-state index is -0.717. The van der Waals surface area contributed by atoms with Crippen LogP contribution in [0.15, 0.2) is 42.5 Å². The van der Waals surface area contributed by atoms with Crippen molar-refractivity contribution in [2.24, 2.45) is 5.92 Å². The molecule has 1 unspecified atom stereocenters. The van der Waals surface area contributed by atoms with Crippen molar-refractivity contribution in [1.82, 2.24) is 14.4 Å². The molecule has 2 aromatic carbocycles. The average molecular weight is 522 g/mol. The molecule has 0 bridgehead atoms. The van der Waals surface area contributed by atoms with Gasteiger partial charge >= 0.3 is 5.97 Å². The summed E-state index contributed by atoms with van der Waals surface area (Å²) in [6.07, 6.45) is 1.51. The first kappa shape index (κ1) is 26.5. The highest BCUT2D eigenvalue weighted by Crippen LogP contribution is 2.36. The molecule has 0 amide bonds. The van der Waals surface area contributed by atoms with Gasteiger partial charge in [0.25, 0.3) is 0 Å². The molecule has 2 heterocycles.